The molecule has 21 heavy (non-hydrogen) atoms. The van der Waals surface area contributed by atoms with Crippen LogP contribution in [0.5, 0.6) is 5.75 Å². The van der Waals surface area contributed by atoms with Crippen LogP contribution in [0, 0.1) is 0 Å². The maximum atomic E-state index is 6.22. The van der Waals surface area contributed by atoms with Crippen molar-refractivity contribution in [3.8, 4) is 5.75 Å². The molecular formula is C18H22ClNO. The highest BCUT2D eigenvalue weighted by Crippen LogP contribution is 2.23. The molecule has 0 aromatic heterocycles. The molecule has 2 aromatic carbocycles. The van der Waals surface area contributed by atoms with Crippen molar-refractivity contribution < 1.29 is 4.74 Å². The molecule has 0 heterocycles. The molecular weight excluding hydrogens is 282 g/mol. The van der Waals surface area contributed by atoms with Crippen molar-refractivity contribution in [3.63, 3.8) is 0 Å². The van der Waals surface area contributed by atoms with Crippen molar-refractivity contribution >= 4 is 11.6 Å². The summed E-state index contributed by atoms with van der Waals surface area (Å²) >= 11 is 6.22. The van der Waals surface area contributed by atoms with Crippen LogP contribution in [0.3, 0.4) is 0 Å². The monoisotopic (exact) mass is 303 g/mol. The van der Waals surface area contributed by atoms with Gasteiger partial charge in [0.15, 0.2) is 0 Å². The van der Waals surface area contributed by atoms with Gasteiger partial charge >= 0.3 is 0 Å². The van der Waals surface area contributed by atoms with Gasteiger partial charge in [-0.15, -0.1) is 0 Å². The minimum absolute atomic E-state index is 0.190. The summed E-state index contributed by atoms with van der Waals surface area (Å²) in [4.78, 5) is 0. The van der Waals surface area contributed by atoms with Crippen molar-refractivity contribution in [1.29, 1.82) is 0 Å². The van der Waals surface area contributed by atoms with Gasteiger partial charge in [-0.2, -0.15) is 0 Å². The van der Waals surface area contributed by atoms with Crippen LogP contribution >= 0.6 is 11.6 Å². The van der Waals surface area contributed by atoms with Crippen LogP contribution in [0.1, 0.15) is 37.9 Å². The largest absolute Gasteiger partial charge is 0.491 e. The van der Waals surface area contributed by atoms with E-state index in [1.807, 2.05) is 44.2 Å². The van der Waals surface area contributed by atoms with Gasteiger partial charge < -0.3 is 10.1 Å². The van der Waals surface area contributed by atoms with Crippen LogP contribution in [-0.2, 0) is 6.54 Å². The molecule has 0 saturated heterocycles. The van der Waals surface area contributed by atoms with Gasteiger partial charge in [0.1, 0.15) is 5.75 Å². The Hall–Kier alpha value is -1.51. The van der Waals surface area contributed by atoms with Crippen molar-refractivity contribution in [2.75, 3.05) is 0 Å². The molecule has 2 rings (SSSR count). The Morgan fingerprint density at radius 2 is 1.81 bits per heavy atom. The van der Waals surface area contributed by atoms with E-state index in [0.29, 0.717) is 0 Å². The van der Waals surface area contributed by atoms with Crippen LogP contribution in [0.4, 0.5) is 0 Å². The van der Waals surface area contributed by atoms with Gasteiger partial charge in [-0.3, -0.25) is 0 Å². The van der Waals surface area contributed by atoms with E-state index >= 15 is 0 Å². The lowest BCUT2D eigenvalue weighted by Gasteiger charge is -2.16. The summed E-state index contributed by atoms with van der Waals surface area (Å²) in [6.45, 7) is 6.96. The van der Waals surface area contributed by atoms with E-state index in [-0.39, 0.29) is 12.1 Å². The molecule has 0 aliphatic rings. The highest BCUT2D eigenvalue weighted by molar-refractivity contribution is 6.31. The first-order chi connectivity index (χ1) is 10.1. The molecule has 2 nitrogen and oxygen atoms in total. The fourth-order valence-electron chi connectivity index (χ4n) is 2.21. The second kappa shape index (κ2) is 7.48. The van der Waals surface area contributed by atoms with E-state index in [9.17, 15) is 0 Å². The summed E-state index contributed by atoms with van der Waals surface area (Å²) in [5, 5.41) is 4.30. The lowest BCUT2D eigenvalue weighted by Crippen LogP contribution is -2.18. The van der Waals surface area contributed by atoms with E-state index in [2.05, 4.69) is 30.4 Å². The zero-order chi connectivity index (χ0) is 15.2. The molecule has 0 radical (unpaired) electrons. The van der Waals surface area contributed by atoms with Crippen LogP contribution in [0.25, 0.3) is 0 Å². The number of rotatable bonds is 6. The van der Waals surface area contributed by atoms with Gasteiger partial charge in [0.2, 0.25) is 0 Å². The molecule has 0 spiro atoms. The number of halogens is 1. The Morgan fingerprint density at radius 1 is 1.05 bits per heavy atom. The normalized spacial score (nSPS) is 12.4. The van der Waals surface area contributed by atoms with E-state index < -0.39 is 0 Å². The Balaban J connectivity index is 1.98. The quantitative estimate of drug-likeness (QED) is 0.813. The Bertz CT molecular complexity index is 583. The van der Waals surface area contributed by atoms with Gasteiger partial charge in [0, 0.05) is 17.6 Å². The molecule has 2 aromatic rings. The van der Waals surface area contributed by atoms with Gasteiger partial charge in [-0.25, -0.2) is 0 Å². The summed E-state index contributed by atoms with van der Waals surface area (Å²) in [6.07, 6.45) is 0.190. The zero-order valence-corrected chi connectivity index (χ0v) is 13.5. The predicted octanol–water partition coefficient (Wildman–Crippen LogP) is 4.98. The summed E-state index contributed by atoms with van der Waals surface area (Å²) in [5.74, 6) is 0.912. The van der Waals surface area contributed by atoms with Gasteiger partial charge in [0.25, 0.3) is 0 Å². The molecule has 0 aliphatic carbocycles. The van der Waals surface area contributed by atoms with Crippen LogP contribution in [0.15, 0.2) is 48.5 Å². The minimum Gasteiger partial charge on any atom is -0.491 e. The molecule has 0 aliphatic heterocycles. The maximum Gasteiger partial charge on any atom is 0.120 e. The molecule has 3 heteroatoms. The molecule has 0 saturated carbocycles. The van der Waals surface area contributed by atoms with Crippen LogP contribution in [-0.4, -0.2) is 6.10 Å². The summed E-state index contributed by atoms with van der Waals surface area (Å²) in [6, 6.07) is 16.3. The smallest absolute Gasteiger partial charge is 0.120 e. The van der Waals surface area contributed by atoms with E-state index in [1.165, 1.54) is 5.56 Å². The number of benzene rings is 2. The van der Waals surface area contributed by atoms with E-state index in [0.717, 1.165) is 22.9 Å². The first-order valence-corrected chi connectivity index (χ1v) is 7.67. The van der Waals surface area contributed by atoms with Crippen molar-refractivity contribution in [1.82, 2.24) is 5.32 Å². The molecule has 0 fully saturated rings. The first kappa shape index (κ1) is 15.9. The average molecular weight is 304 g/mol. The standard InChI is InChI=1S/C18H22ClNO/c1-13(2)21-16-8-6-7-15(11-16)12-20-14(3)17-9-4-5-10-18(17)19/h4-11,13-14,20H,12H2,1-3H3/t14-/m1/s1. The van der Waals surface area contributed by atoms with Gasteiger partial charge in [-0.05, 0) is 50.1 Å². The number of ether oxygens (including phenoxy) is 1. The summed E-state index contributed by atoms with van der Waals surface area (Å²) in [5.41, 5.74) is 2.32. The fourth-order valence-corrected chi connectivity index (χ4v) is 2.51. The number of hydrogen-bond donors (Lipinski definition) is 1. The van der Waals surface area contributed by atoms with Gasteiger partial charge in [0.05, 0.1) is 6.10 Å². The summed E-state index contributed by atoms with van der Waals surface area (Å²) < 4.78 is 5.72. The van der Waals surface area contributed by atoms with Gasteiger partial charge in [-0.1, -0.05) is 41.9 Å². The minimum atomic E-state index is 0.190. The third-order valence-electron chi connectivity index (χ3n) is 3.25. The van der Waals surface area contributed by atoms with E-state index in [1.54, 1.807) is 0 Å². The van der Waals surface area contributed by atoms with Crippen LogP contribution in [0.2, 0.25) is 5.02 Å². The number of nitrogens with one attached hydrogen (secondary N) is 1. The Kier molecular flexibility index (Phi) is 5.66. The molecule has 0 bridgehead atoms. The van der Waals surface area contributed by atoms with Crippen molar-refractivity contribution in [3.05, 3.63) is 64.7 Å². The van der Waals surface area contributed by atoms with Crippen molar-refractivity contribution in [2.24, 2.45) is 0 Å². The molecule has 0 unspecified atom stereocenters. The first-order valence-electron chi connectivity index (χ1n) is 7.29. The highest BCUT2D eigenvalue weighted by atomic mass is 35.5. The predicted molar refractivity (Wildman–Crippen MR) is 88.9 cm³/mol. The third kappa shape index (κ3) is 4.76. The lowest BCUT2D eigenvalue weighted by atomic mass is 10.1. The zero-order valence-electron chi connectivity index (χ0n) is 12.8. The number of hydrogen-bond acceptors (Lipinski definition) is 2. The van der Waals surface area contributed by atoms with Crippen molar-refractivity contribution in [2.45, 2.75) is 39.5 Å². The molecule has 1 atom stereocenters. The highest BCUT2D eigenvalue weighted by Gasteiger charge is 2.08. The second-order valence-electron chi connectivity index (χ2n) is 5.44. The topological polar surface area (TPSA) is 21.3 Å². The third-order valence-corrected chi connectivity index (χ3v) is 3.60. The molecule has 112 valence electrons. The SMILES string of the molecule is CC(C)Oc1cccc(CN[C@H](C)c2ccccc2Cl)c1. The molecule has 0 amide bonds. The van der Waals surface area contributed by atoms with E-state index in [4.69, 9.17) is 16.3 Å². The second-order valence-corrected chi connectivity index (χ2v) is 5.85. The summed E-state index contributed by atoms with van der Waals surface area (Å²) in [7, 11) is 0. The average Bonchev–Trinajstić information content (AvgIpc) is 2.45. The maximum absolute atomic E-state index is 6.22. The lowest BCUT2D eigenvalue weighted by molar-refractivity contribution is 0.242. The Labute approximate surface area is 132 Å². The fraction of sp³-hybridized carbons (Fsp3) is 0.333. The Morgan fingerprint density at radius 3 is 2.52 bits per heavy atom. The molecule has 1 N–H and O–H groups in total. The van der Waals surface area contributed by atoms with Crippen LogP contribution < -0.4 is 10.1 Å².